The number of hydrogen-bond donors (Lipinski definition) is 2. The van der Waals surface area contributed by atoms with Crippen LogP contribution in [0.25, 0.3) is 28.1 Å². The van der Waals surface area contributed by atoms with E-state index in [0.29, 0.717) is 34.6 Å². The van der Waals surface area contributed by atoms with Crippen LogP contribution in [0.15, 0.2) is 35.5 Å². The Kier molecular flexibility index (Phi) is 3.57. The normalized spacial score (nSPS) is 20.5. The van der Waals surface area contributed by atoms with Crippen LogP contribution in [0, 0.1) is 5.82 Å². The monoisotopic (exact) mass is 368 g/mol. The van der Waals surface area contributed by atoms with Crippen LogP contribution in [-0.2, 0) is 0 Å². The summed E-state index contributed by atoms with van der Waals surface area (Å²) in [6.45, 7) is 0. The Morgan fingerprint density at radius 1 is 1.26 bits per heavy atom. The van der Waals surface area contributed by atoms with Crippen LogP contribution in [0.2, 0.25) is 0 Å². The van der Waals surface area contributed by atoms with Crippen LogP contribution < -0.4 is 5.69 Å². The number of halogens is 1. The molecule has 0 bridgehead atoms. The number of aromatic nitrogens is 6. The van der Waals surface area contributed by atoms with Crippen molar-refractivity contribution in [3.63, 3.8) is 0 Å². The highest BCUT2D eigenvalue weighted by Crippen LogP contribution is 2.29. The van der Waals surface area contributed by atoms with Gasteiger partial charge >= 0.3 is 5.69 Å². The average molecular weight is 368 g/mol. The molecule has 3 aromatic heterocycles. The van der Waals surface area contributed by atoms with Gasteiger partial charge in [0.15, 0.2) is 5.65 Å². The van der Waals surface area contributed by atoms with E-state index in [1.165, 1.54) is 18.5 Å². The number of nitrogens with zero attached hydrogens (tertiary/aromatic N) is 5. The molecule has 9 heteroatoms. The number of aliphatic hydroxyl groups is 1. The molecule has 1 aliphatic carbocycles. The summed E-state index contributed by atoms with van der Waals surface area (Å²) in [4.78, 5) is 28.4. The molecule has 2 N–H and O–H groups in total. The van der Waals surface area contributed by atoms with Gasteiger partial charge in [0.25, 0.3) is 0 Å². The standard InChI is InChI=1S/C18H17FN6O2/c19-10-4-5-13-15(6-10)24(9-21-13)17-20-8-14-16(23-17)25(18(27)22-14)11-2-1-3-12(26)7-11/h4-6,8-9,11-12,26H,1-3,7H2,(H,22,27)/t11-,12+/m1/s1. The van der Waals surface area contributed by atoms with E-state index in [-0.39, 0.29) is 17.5 Å². The first kappa shape index (κ1) is 16.1. The predicted molar refractivity (Wildman–Crippen MR) is 96.2 cm³/mol. The molecular formula is C18H17FN6O2. The number of aromatic amines is 1. The molecule has 1 fully saturated rings. The van der Waals surface area contributed by atoms with E-state index in [2.05, 4.69) is 19.9 Å². The van der Waals surface area contributed by atoms with E-state index in [4.69, 9.17) is 0 Å². The highest BCUT2D eigenvalue weighted by Gasteiger charge is 2.25. The summed E-state index contributed by atoms with van der Waals surface area (Å²) in [6, 6.07) is 4.20. The lowest BCUT2D eigenvalue weighted by molar-refractivity contribution is 0.104. The van der Waals surface area contributed by atoms with E-state index >= 15 is 0 Å². The summed E-state index contributed by atoms with van der Waals surface area (Å²) in [6.07, 6.45) is 5.59. The molecule has 5 rings (SSSR count). The maximum absolute atomic E-state index is 13.7. The third kappa shape index (κ3) is 2.62. The third-order valence-corrected chi connectivity index (χ3v) is 5.15. The first-order valence-corrected chi connectivity index (χ1v) is 8.88. The minimum atomic E-state index is -0.414. The molecular weight excluding hydrogens is 351 g/mol. The molecule has 0 radical (unpaired) electrons. The number of H-pyrrole nitrogens is 1. The highest BCUT2D eigenvalue weighted by atomic mass is 19.1. The van der Waals surface area contributed by atoms with Gasteiger partial charge in [0.2, 0.25) is 5.95 Å². The second-order valence-corrected chi connectivity index (χ2v) is 6.93. The molecule has 0 aliphatic heterocycles. The van der Waals surface area contributed by atoms with Crippen molar-refractivity contribution in [2.75, 3.05) is 0 Å². The second-order valence-electron chi connectivity index (χ2n) is 6.93. The topological polar surface area (TPSA) is 102 Å². The van der Waals surface area contributed by atoms with Gasteiger partial charge in [-0.05, 0) is 37.8 Å². The van der Waals surface area contributed by atoms with Gasteiger partial charge in [-0.25, -0.2) is 19.2 Å². The fraction of sp³-hybridized carbons (Fsp3) is 0.333. The number of fused-ring (bicyclic) bond motifs is 2. The SMILES string of the molecule is O=c1[nH]c2cnc(-n3cnc4ccc(F)cc43)nc2n1[C@@H]1CCC[C@H](O)C1. The predicted octanol–water partition coefficient (Wildman–Crippen LogP) is 2.07. The number of hydrogen-bond acceptors (Lipinski definition) is 5. The van der Waals surface area contributed by atoms with E-state index in [1.54, 1.807) is 21.4 Å². The van der Waals surface area contributed by atoms with Crippen molar-refractivity contribution in [3.8, 4) is 5.95 Å². The number of imidazole rings is 2. The summed E-state index contributed by atoms with van der Waals surface area (Å²) in [5.41, 5.74) is 1.91. The number of nitrogens with one attached hydrogen (secondary N) is 1. The average Bonchev–Trinajstić information content (AvgIpc) is 3.20. The lowest BCUT2D eigenvalue weighted by Gasteiger charge is -2.26. The van der Waals surface area contributed by atoms with Gasteiger partial charge in [0, 0.05) is 12.1 Å². The molecule has 0 amide bonds. The van der Waals surface area contributed by atoms with Crippen molar-refractivity contribution >= 4 is 22.2 Å². The first-order valence-electron chi connectivity index (χ1n) is 8.88. The molecule has 1 saturated carbocycles. The van der Waals surface area contributed by atoms with Crippen molar-refractivity contribution in [3.05, 3.63) is 47.0 Å². The van der Waals surface area contributed by atoms with E-state index in [9.17, 15) is 14.3 Å². The fourth-order valence-electron chi connectivity index (χ4n) is 3.88. The van der Waals surface area contributed by atoms with Gasteiger partial charge in [-0.15, -0.1) is 0 Å². The second kappa shape index (κ2) is 5.98. The van der Waals surface area contributed by atoms with E-state index in [1.807, 2.05) is 0 Å². The van der Waals surface area contributed by atoms with E-state index < -0.39 is 6.10 Å². The largest absolute Gasteiger partial charge is 0.393 e. The number of aliphatic hydroxyl groups excluding tert-OH is 1. The molecule has 4 aromatic rings. The molecule has 138 valence electrons. The van der Waals surface area contributed by atoms with Gasteiger partial charge in [-0.1, -0.05) is 0 Å². The van der Waals surface area contributed by atoms with Crippen LogP contribution in [0.5, 0.6) is 0 Å². The number of rotatable bonds is 2. The Hall–Kier alpha value is -3.07. The zero-order valence-corrected chi connectivity index (χ0v) is 14.3. The van der Waals surface area contributed by atoms with Gasteiger partial charge < -0.3 is 10.1 Å². The zero-order chi connectivity index (χ0) is 18.5. The molecule has 1 aliphatic rings. The molecule has 8 nitrogen and oxygen atoms in total. The quantitative estimate of drug-likeness (QED) is 0.564. The molecule has 0 spiro atoms. The lowest BCUT2D eigenvalue weighted by Crippen LogP contribution is -2.29. The minimum absolute atomic E-state index is 0.116. The van der Waals surface area contributed by atoms with Crippen molar-refractivity contribution < 1.29 is 9.50 Å². The Morgan fingerprint density at radius 3 is 3.00 bits per heavy atom. The minimum Gasteiger partial charge on any atom is -0.393 e. The molecule has 0 unspecified atom stereocenters. The summed E-state index contributed by atoms with van der Waals surface area (Å²) in [5.74, 6) is -0.0696. The summed E-state index contributed by atoms with van der Waals surface area (Å²) in [5, 5.41) is 9.98. The van der Waals surface area contributed by atoms with Gasteiger partial charge in [-0.3, -0.25) is 9.13 Å². The summed E-state index contributed by atoms with van der Waals surface area (Å²) < 4.78 is 16.8. The van der Waals surface area contributed by atoms with Crippen LogP contribution in [0.3, 0.4) is 0 Å². The zero-order valence-electron chi connectivity index (χ0n) is 14.3. The Balaban J connectivity index is 1.67. The smallest absolute Gasteiger partial charge is 0.327 e. The molecule has 27 heavy (non-hydrogen) atoms. The van der Waals surface area contributed by atoms with Crippen molar-refractivity contribution in [2.24, 2.45) is 0 Å². The number of benzene rings is 1. The molecule has 1 aromatic carbocycles. The molecule has 2 atom stereocenters. The maximum Gasteiger partial charge on any atom is 0.327 e. The Bertz CT molecular complexity index is 1210. The van der Waals surface area contributed by atoms with Gasteiger partial charge in [0.05, 0.1) is 23.3 Å². The lowest BCUT2D eigenvalue weighted by atomic mass is 9.93. The first-order chi connectivity index (χ1) is 13.1. The van der Waals surface area contributed by atoms with Crippen LogP contribution in [-0.4, -0.2) is 40.3 Å². The van der Waals surface area contributed by atoms with Gasteiger partial charge in [-0.2, -0.15) is 4.98 Å². The Morgan fingerprint density at radius 2 is 2.15 bits per heavy atom. The van der Waals surface area contributed by atoms with Crippen LogP contribution in [0.1, 0.15) is 31.7 Å². The van der Waals surface area contributed by atoms with Crippen molar-refractivity contribution in [2.45, 2.75) is 37.8 Å². The van der Waals surface area contributed by atoms with Crippen molar-refractivity contribution in [1.29, 1.82) is 0 Å². The summed E-state index contributed by atoms with van der Waals surface area (Å²) >= 11 is 0. The van der Waals surface area contributed by atoms with Crippen molar-refractivity contribution in [1.82, 2.24) is 29.1 Å². The van der Waals surface area contributed by atoms with Gasteiger partial charge in [0.1, 0.15) is 17.7 Å². The maximum atomic E-state index is 13.7. The summed E-state index contributed by atoms with van der Waals surface area (Å²) in [7, 11) is 0. The fourth-order valence-corrected chi connectivity index (χ4v) is 3.88. The van der Waals surface area contributed by atoms with E-state index in [0.717, 1.165) is 19.3 Å². The van der Waals surface area contributed by atoms with Crippen LogP contribution >= 0.6 is 0 Å². The third-order valence-electron chi connectivity index (χ3n) is 5.15. The molecule has 0 saturated heterocycles. The van der Waals surface area contributed by atoms with Crippen LogP contribution in [0.4, 0.5) is 4.39 Å². The highest BCUT2D eigenvalue weighted by molar-refractivity contribution is 5.77. The molecule has 3 heterocycles. The Labute approximate surface area is 152 Å².